The summed E-state index contributed by atoms with van der Waals surface area (Å²) >= 11 is 0. The molecule has 0 aromatic carbocycles. The summed E-state index contributed by atoms with van der Waals surface area (Å²) in [4.78, 5) is 25.8. The first kappa shape index (κ1) is 12.6. The van der Waals surface area contributed by atoms with Gasteiger partial charge in [-0.05, 0) is 12.1 Å². The number of hydrogen-bond donors (Lipinski definition) is 3. The fourth-order valence-electron chi connectivity index (χ4n) is 1.27. The molecule has 2 aromatic rings. The fourth-order valence-corrected chi connectivity index (χ4v) is 1.27. The number of aromatic carboxylic acids is 1. The van der Waals surface area contributed by atoms with E-state index in [1.165, 1.54) is 24.6 Å². The quantitative estimate of drug-likeness (QED) is 0.759. The molecule has 0 aliphatic carbocycles. The van der Waals surface area contributed by atoms with Crippen molar-refractivity contribution >= 4 is 17.7 Å². The van der Waals surface area contributed by atoms with Crippen LogP contribution in [-0.2, 0) is 6.54 Å². The number of carbonyl (C=O) groups excluding carboxylic acids is 1. The van der Waals surface area contributed by atoms with Crippen LogP contribution in [0.4, 0.5) is 10.5 Å². The van der Waals surface area contributed by atoms with Gasteiger partial charge in [0.15, 0.2) is 0 Å². The monoisotopic (exact) mass is 262 g/mol. The third kappa shape index (κ3) is 3.53. The van der Waals surface area contributed by atoms with E-state index >= 15 is 0 Å². The predicted octanol–water partition coefficient (Wildman–Crippen LogP) is 1.09. The van der Waals surface area contributed by atoms with E-state index in [4.69, 9.17) is 5.11 Å². The predicted molar refractivity (Wildman–Crippen MR) is 63.6 cm³/mol. The minimum absolute atomic E-state index is 0.0893. The van der Waals surface area contributed by atoms with Gasteiger partial charge >= 0.3 is 12.0 Å². The molecule has 8 nitrogen and oxygen atoms in total. The molecule has 3 N–H and O–H groups in total. The van der Waals surface area contributed by atoms with E-state index in [0.29, 0.717) is 11.4 Å². The maximum atomic E-state index is 11.5. The highest BCUT2D eigenvalue weighted by Crippen LogP contribution is 2.06. The van der Waals surface area contributed by atoms with Gasteiger partial charge in [0.05, 0.1) is 18.4 Å². The Bertz CT molecular complexity index is 565. The summed E-state index contributed by atoms with van der Waals surface area (Å²) in [6, 6.07) is 3.93. The minimum atomic E-state index is -1.12. The number of carboxylic acid groups (broad SMARTS) is 1. The second-order valence-corrected chi connectivity index (χ2v) is 3.54. The van der Waals surface area contributed by atoms with Crippen molar-refractivity contribution in [2.24, 2.45) is 0 Å². The van der Waals surface area contributed by atoms with Crippen LogP contribution < -0.4 is 10.6 Å². The molecule has 0 aliphatic rings. The molecule has 0 saturated carbocycles. The first-order valence-electron chi connectivity index (χ1n) is 5.28. The molecule has 2 aromatic heterocycles. The summed E-state index contributed by atoms with van der Waals surface area (Å²) in [6.07, 6.45) is 2.67. The number of amides is 2. The van der Waals surface area contributed by atoms with E-state index < -0.39 is 12.0 Å². The van der Waals surface area contributed by atoms with Gasteiger partial charge in [-0.15, -0.1) is 0 Å². The van der Waals surface area contributed by atoms with Crippen LogP contribution in [0.25, 0.3) is 0 Å². The molecule has 0 bridgehead atoms. The van der Waals surface area contributed by atoms with Gasteiger partial charge in [-0.2, -0.15) is 0 Å². The fraction of sp³-hybridized carbons (Fsp3) is 0.0909. The Hall–Kier alpha value is -2.90. The second-order valence-electron chi connectivity index (χ2n) is 3.54. The largest absolute Gasteiger partial charge is 0.477 e. The molecule has 0 saturated heterocycles. The molecule has 0 aliphatic heterocycles. The SMILES string of the molecule is O=C(NCc1ccon1)Nc1ccc(C(=O)O)nc1. The molecule has 0 fully saturated rings. The number of anilines is 1. The molecule has 2 amide bonds. The van der Waals surface area contributed by atoms with Crippen LogP contribution in [0.1, 0.15) is 16.2 Å². The van der Waals surface area contributed by atoms with E-state index in [1.54, 1.807) is 6.07 Å². The summed E-state index contributed by atoms with van der Waals surface area (Å²) < 4.78 is 4.61. The highest BCUT2D eigenvalue weighted by molar-refractivity contribution is 5.90. The van der Waals surface area contributed by atoms with Gasteiger partial charge in [-0.25, -0.2) is 14.6 Å². The van der Waals surface area contributed by atoms with Crippen molar-refractivity contribution in [3.63, 3.8) is 0 Å². The number of rotatable bonds is 4. The lowest BCUT2D eigenvalue weighted by Crippen LogP contribution is -2.28. The molecule has 2 rings (SSSR count). The molecule has 8 heteroatoms. The third-order valence-corrected chi connectivity index (χ3v) is 2.16. The number of hydrogen-bond acceptors (Lipinski definition) is 5. The zero-order valence-electron chi connectivity index (χ0n) is 9.66. The third-order valence-electron chi connectivity index (χ3n) is 2.16. The van der Waals surface area contributed by atoms with Crippen molar-refractivity contribution in [2.45, 2.75) is 6.54 Å². The van der Waals surface area contributed by atoms with Gasteiger partial charge in [-0.3, -0.25) is 0 Å². The number of carbonyl (C=O) groups is 2. The van der Waals surface area contributed by atoms with E-state index in [2.05, 4.69) is 25.3 Å². The van der Waals surface area contributed by atoms with Gasteiger partial charge in [0.25, 0.3) is 0 Å². The Labute approximate surface area is 107 Å². The summed E-state index contributed by atoms with van der Waals surface area (Å²) in [6.45, 7) is 0.225. The Morgan fingerprint density at radius 1 is 1.32 bits per heavy atom. The average molecular weight is 262 g/mol. The highest BCUT2D eigenvalue weighted by Gasteiger charge is 2.06. The van der Waals surface area contributed by atoms with E-state index in [1.807, 2.05) is 0 Å². The van der Waals surface area contributed by atoms with Crippen molar-refractivity contribution in [3.8, 4) is 0 Å². The molecule has 0 atom stereocenters. The lowest BCUT2D eigenvalue weighted by molar-refractivity contribution is 0.0690. The number of aromatic nitrogens is 2. The van der Waals surface area contributed by atoms with Gasteiger partial charge in [0.1, 0.15) is 17.7 Å². The van der Waals surface area contributed by atoms with Crippen LogP contribution in [0.2, 0.25) is 0 Å². The topological polar surface area (TPSA) is 117 Å². The molecule has 0 unspecified atom stereocenters. The summed E-state index contributed by atoms with van der Waals surface area (Å²) in [7, 11) is 0. The second kappa shape index (κ2) is 5.63. The number of urea groups is 1. The highest BCUT2D eigenvalue weighted by atomic mass is 16.5. The first-order chi connectivity index (χ1) is 9.15. The molecule has 0 radical (unpaired) electrons. The van der Waals surface area contributed by atoms with Crippen LogP contribution in [0.5, 0.6) is 0 Å². The molecule has 98 valence electrons. The molecule has 19 heavy (non-hydrogen) atoms. The molecular weight excluding hydrogens is 252 g/mol. The Balaban J connectivity index is 1.86. The Morgan fingerprint density at radius 2 is 2.16 bits per heavy atom. The van der Waals surface area contributed by atoms with Gasteiger partial charge < -0.3 is 20.3 Å². The Morgan fingerprint density at radius 3 is 2.74 bits per heavy atom. The zero-order chi connectivity index (χ0) is 13.7. The minimum Gasteiger partial charge on any atom is -0.477 e. The summed E-state index contributed by atoms with van der Waals surface area (Å²) in [5.41, 5.74) is 0.894. The van der Waals surface area contributed by atoms with Crippen molar-refractivity contribution in [1.29, 1.82) is 0 Å². The average Bonchev–Trinajstić information content (AvgIpc) is 2.90. The lowest BCUT2D eigenvalue weighted by Gasteiger charge is -2.05. The van der Waals surface area contributed by atoms with Gasteiger partial charge in [-0.1, -0.05) is 5.16 Å². The van der Waals surface area contributed by atoms with Crippen LogP contribution in [0.15, 0.2) is 35.2 Å². The first-order valence-corrected chi connectivity index (χ1v) is 5.28. The smallest absolute Gasteiger partial charge is 0.354 e. The standard InChI is InChI=1S/C11H10N4O4/c16-10(17)9-2-1-7(5-12-9)14-11(18)13-6-8-3-4-19-15-8/h1-5H,6H2,(H,16,17)(H2,13,14,18). The van der Waals surface area contributed by atoms with Crippen LogP contribution in [-0.4, -0.2) is 27.2 Å². The van der Waals surface area contributed by atoms with E-state index in [0.717, 1.165) is 0 Å². The van der Waals surface area contributed by atoms with Crippen molar-refractivity contribution in [2.75, 3.05) is 5.32 Å². The zero-order valence-corrected chi connectivity index (χ0v) is 9.66. The van der Waals surface area contributed by atoms with E-state index in [-0.39, 0.29) is 12.2 Å². The summed E-state index contributed by atoms with van der Waals surface area (Å²) in [5, 5.41) is 17.4. The van der Waals surface area contributed by atoms with Crippen LogP contribution in [0, 0.1) is 0 Å². The van der Waals surface area contributed by atoms with Crippen molar-refractivity contribution in [1.82, 2.24) is 15.5 Å². The van der Waals surface area contributed by atoms with Crippen molar-refractivity contribution < 1.29 is 19.2 Å². The number of carboxylic acids is 1. The van der Waals surface area contributed by atoms with Gasteiger partial charge in [0.2, 0.25) is 0 Å². The van der Waals surface area contributed by atoms with Gasteiger partial charge in [0, 0.05) is 6.07 Å². The maximum absolute atomic E-state index is 11.5. The van der Waals surface area contributed by atoms with Crippen LogP contribution >= 0.6 is 0 Å². The molecule has 0 spiro atoms. The normalized spacial score (nSPS) is 9.89. The van der Waals surface area contributed by atoms with Crippen molar-refractivity contribution in [3.05, 3.63) is 42.0 Å². The number of pyridine rings is 1. The maximum Gasteiger partial charge on any atom is 0.354 e. The molecular formula is C11H10N4O4. The lowest BCUT2D eigenvalue weighted by atomic mass is 10.3. The number of nitrogens with zero attached hydrogens (tertiary/aromatic N) is 2. The molecule has 2 heterocycles. The number of nitrogens with one attached hydrogen (secondary N) is 2. The van der Waals surface area contributed by atoms with E-state index in [9.17, 15) is 9.59 Å². The summed E-state index contributed by atoms with van der Waals surface area (Å²) in [5.74, 6) is -1.12. The van der Waals surface area contributed by atoms with Crippen LogP contribution in [0.3, 0.4) is 0 Å². The Kier molecular flexibility index (Phi) is 3.72.